The van der Waals surface area contributed by atoms with Crippen molar-refractivity contribution in [2.75, 3.05) is 5.73 Å². The summed E-state index contributed by atoms with van der Waals surface area (Å²) < 4.78 is 6.68. The van der Waals surface area contributed by atoms with Crippen molar-refractivity contribution in [1.82, 2.24) is 14.7 Å². The van der Waals surface area contributed by atoms with E-state index in [1.807, 2.05) is 24.7 Å². The van der Waals surface area contributed by atoms with Gasteiger partial charge in [-0.25, -0.2) is 4.98 Å². The minimum atomic E-state index is 0.348. The standard InChI is InChI=1S/C8H10N4O/c1-5-7(11-13-8(5)9)6-3-12(2)4-10-6/h3-4H,9H2,1-2H3. The van der Waals surface area contributed by atoms with Gasteiger partial charge in [0.1, 0.15) is 11.4 Å². The molecule has 0 atom stereocenters. The second-order valence-electron chi connectivity index (χ2n) is 2.94. The van der Waals surface area contributed by atoms with Crippen molar-refractivity contribution in [3.8, 4) is 11.4 Å². The van der Waals surface area contributed by atoms with Gasteiger partial charge in [0.25, 0.3) is 0 Å². The van der Waals surface area contributed by atoms with Crippen LogP contribution in [0.1, 0.15) is 5.56 Å². The molecule has 5 heteroatoms. The zero-order valence-electron chi connectivity index (χ0n) is 7.48. The molecule has 2 heterocycles. The fourth-order valence-corrected chi connectivity index (χ4v) is 1.12. The van der Waals surface area contributed by atoms with Crippen LogP contribution < -0.4 is 5.73 Å². The summed E-state index contributed by atoms with van der Waals surface area (Å²) in [7, 11) is 1.90. The zero-order chi connectivity index (χ0) is 9.42. The maximum Gasteiger partial charge on any atom is 0.225 e. The third-order valence-corrected chi connectivity index (χ3v) is 1.91. The molecule has 13 heavy (non-hydrogen) atoms. The number of imidazole rings is 1. The summed E-state index contributed by atoms with van der Waals surface area (Å²) in [5, 5.41) is 3.82. The summed E-state index contributed by atoms with van der Waals surface area (Å²) >= 11 is 0. The first-order valence-electron chi connectivity index (χ1n) is 3.88. The van der Waals surface area contributed by atoms with E-state index in [1.54, 1.807) is 6.33 Å². The molecule has 2 N–H and O–H groups in total. The van der Waals surface area contributed by atoms with Crippen molar-refractivity contribution in [2.45, 2.75) is 6.92 Å². The van der Waals surface area contributed by atoms with Crippen LogP contribution in [-0.2, 0) is 7.05 Å². The van der Waals surface area contributed by atoms with Gasteiger partial charge < -0.3 is 14.8 Å². The van der Waals surface area contributed by atoms with Gasteiger partial charge in [-0.3, -0.25) is 0 Å². The lowest BCUT2D eigenvalue weighted by Gasteiger charge is -1.89. The molecule has 0 aliphatic carbocycles. The lowest BCUT2D eigenvalue weighted by atomic mass is 10.2. The lowest BCUT2D eigenvalue weighted by molar-refractivity contribution is 0.438. The summed E-state index contributed by atoms with van der Waals surface area (Å²) in [6.45, 7) is 1.86. The third kappa shape index (κ3) is 1.18. The van der Waals surface area contributed by atoms with Gasteiger partial charge in [0.05, 0.1) is 6.33 Å². The van der Waals surface area contributed by atoms with Crippen LogP contribution in [-0.4, -0.2) is 14.7 Å². The number of nitrogens with two attached hydrogens (primary N) is 1. The van der Waals surface area contributed by atoms with Crippen LogP contribution in [0.15, 0.2) is 17.0 Å². The van der Waals surface area contributed by atoms with E-state index in [-0.39, 0.29) is 0 Å². The molecule has 5 nitrogen and oxygen atoms in total. The molecular weight excluding hydrogens is 168 g/mol. The van der Waals surface area contributed by atoms with E-state index in [0.717, 1.165) is 11.3 Å². The van der Waals surface area contributed by atoms with Crippen molar-refractivity contribution in [3.63, 3.8) is 0 Å². The predicted octanol–water partition coefficient (Wildman–Crippen LogP) is 0.966. The molecular formula is C8H10N4O. The van der Waals surface area contributed by atoms with E-state index < -0.39 is 0 Å². The summed E-state index contributed by atoms with van der Waals surface area (Å²) in [5.74, 6) is 0.348. The van der Waals surface area contributed by atoms with E-state index >= 15 is 0 Å². The molecule has 0 saturated carbocycles. The number of aromatic nitrogens is 3. The highest BCUT2D eigenvalue weighted by molar-refractivity contribution is 5.62. The summed E-state index contributed by atoms with van der Waals surface area (Å²) in [6, 6.07) is 0. The Morgan fingerprint density at radius 3 is 2.77 bits per heavy atom. The van der Waals surface area contributed by atoms with Crippen molar-refractivity contribution < 1.29 is 4.52 Å². The van der Waals surface area contributed by atoms with Gasteiger partial charge in [0.2, 0.25) is 5.88 Å². The van der Waals surface area contributed by atoms with E-state index in [1.165, 1.54) is 0 Å². The predicted molar refractivity (Wildman–Crippen MR) is 47.9 cm³/mol. The van der Waals surface area contributed by atoms with Gasteiger partial charge >= 0.3 is 0 Å². The quantitative estimate of drug-likeness (QED) is 0.706. The molecule has 0 saturated heterocycles. The molecule has 0 aliphatic rings. The van der Waals surface area contributed by atoms with Gasteiger partial charge in [-0.05, 0) is 6.92 Å². The maximum atomic E-state index is 5.52. The van der Waals surface area contributed by atoms with Gasteiger partial charge in [0.15, 0.2) is 0 Å². The molecule has 0 aliphatic heterocycles. The smallest absolute Gasteiger partial charge is 0.225 e. The van der Waals surface area contributed by atoms with Crippen molar-refractivity contribution in [3.05, 3.63) is 18.1 Å². The number of aryl methyl sites for hydroxylation is 1. The molecule has 0 bridgehead atoms. The van der Waals surface area contributed by atoms with E-state index in [0.29, 0.717) is 11.6 Å². The minimum Gasteiger partial charge on any atom is -0.367 e. The topological polar surface area (TPSA) is 69.9 Å². The highest BCUT2D eigenvalue weighted by Gasteiger charge is 2.12. The van der Waals surface area contributed by atoms with Crippen LogP contribution in [0.5, 0.6) is 0 Å². The average molecular weight is 178 g/mol. The molecule has 2 aromatic heterocycles. The Labute approximate surface area is 75.2 Å². The van der Waals surface area contributed by atoms with Crippen LogP contribution in [0.25, 0.3) is 11.4 Å². The first kappa shape index (κ1) is 7.85. The first-order valence-corrected chi connectivity index (χ1v) is 3.88. The van der Waals surface area contributed by atoms with Crippen molar-refractivity contribution in [1.29, 1.82) is 0 Å². The highest BCUT2D eigenvalue weighted by Crippen LogP contribution is 2.23. The summed E-state index contributed by atoms with van der Waals surface area (Å²) in [6.07, 6.45) is 3.57. The monoisotopic (exact) mass is 178 g/mol. The fraction of sp³-hybridized carbons (Fsp3) is 0.250. The second kappa shape index (κ2) is 2.62. The Morgan fingerprint density at radius 2 is 2.31 bits per heavy atom. The van der Waals surface area contributed by atoms with E-state index in [2.05, 4.69) is 10.1 Å². The average Bonchev–Trinajstić information content (AvgIpc) is 2.62. The summed E-state index contributed by atoms with van der Waals surface area (Å²) in [5.41, 5.74) is 7.84. The third-order valence-electron chi connectivity index (χ3n) is 1.91. The molecule has 0 fully saturated rings. The molecule has 0 amide bonds. The number of nitrogen functional groups attached to an aromatic ring is 1. The Balaban J connectivity index is 2.52. The van der Waals surface area contributed by atoms with E-state index in [4.69, 9.17) is 10.3 Å². The Kier molecular flexibility index (Phi) is 1.58. The van der Waals surface area contributed by atoms with Gasteiger partial charge in [0, 0.05) is 18.8 Å². The first-order chi connectivity index (χ1) is 6.18. The maximum absolute atomic E-state index is 5.52. The molecule has 68 valence electrons. The molecule has 0 unspecified atom stereocenters. The molecule has 2 aromatic rings. The normalized spacial score (nSPS) is 10.6. The second-order valence-corrected chi connectivity index (χ2v) is 2.94. The fourth-order valence-electron chi connectivity index (χ4n) is 1.12. The van der Waals surface area contributed by atoms with Crippen LogP contribution in [0.2, 0.25) is 0 Å². The van der Waals surface area contributed by atoms with Crippen molar-refractivity contribution >= 4 is 5.88 Å². The number of anilines is 1. The minimum absolute atomic E-state index is 0.348. The number of hydrogen-bond acceptors (Lipinski definition) is 4. The molecule has 0 aromatic carbocycles. The van der Waals surface area contributed by atoms with E-state index in [9.17, 15) is 0 Å². The number of nitrogens with zero attached hydrogens (tertiary/aromatic N) is 3. The van der Waals surface area contributed by atoms with Gasteiger partial charge in [-0.1, -0.05) is 5.16 Å². The Bertz CT molecular complexity index is 429. The summed E-state index contributed by atoms with van der Waals surface area (Å²) in [4.78, 5) is 4.15. The largest absolute Gasteiger partial charge is 0.367 e. The van der Waals surface area contributed by atoms with Crippen molar-refractivity contribution in [2.24, 2.45) is 7.05 Å². The van der Waals surface area contributed by atoms with Crippen LogP contribution >= 0.6 is 0 Å². The molecule has 0 radical (unpaired) electrons. The number of hydrogen-bond donors (Lipinski definition) is 1. The number of rotatable bonds is 1. The van der Waals surface area contributed by atoms with Crippen LogP contribution in [0, 0.1) is 6.92 Å². The SMILES string of the molecule is Cc1c(-c2cn(C)cn2)noc1N. The van der Waals surface area contributed by atoms with Crippen LogP contribution in [0.4, 0.5) is 5.88 Å². The molecule has 0 spiro atoms. The Morgan fingerprint density at radius 1 is 1.54 bits per heavy atom. The Hall–Kier alpha value is -1.78. The lowest BCUT2D eigenvalue weighted by Crippen LogP contribution is -1.85. The highest BCUT2D eigenvalue weighted by atomic mass is 16.5. The zero-order valence-corrected chi connectivity index (χ0v) is 7.48. The molecule has 2 rings (SSSR count). The van der Waals surface area contributed by atoms with Crippen LogP contribution in [0.3, 0.4) is 0 Å². The van der Waals surface area contributed by atoms with Gasteiger partial charge in [-0.2, -0.15) is 0 Å². The van der Waals surface area contributed by atoms with Gasteiger partial charge in [-0.15, -0.1) is 0 Å².